The molecule has 72 valence electrons. The van der Waals surface area contributed by atoms with Crippen molar-refractivity contribution in [1.29, 1.82) is 0 Å². The first-order valence-electron chi connectivity index (χ1n) is 5.42. The lowest BCUT2D eigenvalue weighted by atomic mass is 9.66. The third-order valence-electron chi connectivity index (χ3n) is 3.73. The van der Waals surface area contributed by atoms with Crippen LogP contribution in [0.1, 0.15) is 51.9 Å². The third-order valence-corrected chi connectivity index (χ3v) is 3.73. The molecule has 0 aromatic carbocycles. The van der Waals surface area contributed by atoms with Crippen LogP contribution in [-0.4, -0.2) is 5.78 Å². The second-order valence-corrected chi connectivity index (χ2v) is 4.75. The van der Waals surface area contributed by atoms with Crippen LogP contribution >= 0.6 is 0 Å². The Bertz CT molecular complexity index is 244. The zero-order valence-corrected chi connectivity index (χ0v) is 8.44. The fourth-order valence-electron chi connectivity index (χ4n) is 2.72. The van der Waals surface area contributed by atoms with Crippen molar-refractivity contribution in [3.8, 4) is 0 Å². The van der Waals surface area contributed by atoms with Gasteiger partial charge in [0.05, 0.1) is 0 Å². The van der Waals surface area contributed by atoms with Crippen molar-refractivity contribution < 1.29 is 4.79 Å². The molecule has 1 fully saturated rings. The molecule has 0 amide bonds. The molecule has 0 radical (unpaired) electrons. The summed E-state index contributed by atoms with van der Waals surface area (Å²) in [4.78, 5) is 11.6. The van der Waals surface area contributed by atoms with Crippen molar-refractivity contribution in [2.24, 2.45) is 5.41 Å². The van der Waals surface area contributed by atoms with E-state index in [-0.39, 0.29) is 0 Å². The van der Waals surface area contributed by atoms with E-state index in [1.54, 1.807) is 0 Å². The Balaban J connectivity index is 2.13. The normalized spacial score (nSPS) is 27.5. The number of hydrogen-bond acceptors (Lipinski definition) is 1. The molecule has 1 spiro atoms. The zero-order valence-electron chi connectivity index (χ0n) is 8.44. The minimum atomic E-state index is 0.384. The minimum absolute atomic E-state index is 0.384. The molecule has 0 atom stereocenters. The molecule has 1 nitrogen and oxygen atoms in total. The summed E-state index contributed by atoms with van der Waals surface area (Å²) in [5.74, 6) is 0.396. The molecular weight excluding hydrogens is 160 g/mol. The van der Waals surface area contributed by atoms with Crippen LogP contribution in [0, 0.1) is 5.41 Å². The van der Waals surface area contributed by atoms with E-state index < -0.39 is 0 Å². The van der Waals surface area contributed by atoms with Crippen LogP contribution in [0.3, 0.4) is 0 Å². The Labute approximate surface area is 80.2 Å². The van der Waals surface area contributed by atoms with Crippen molar-refractivity contribution in [1.82, 2.24) is 0 Å². The number of rotatable bonds is 0. The predicted octanol–water partition coefficient (Wildman–Crippen LogP) is 3.25. The molecule has 0 N–H and O–H groups in total. The lowest BCUT2D eigenvalue weighted by Crippen LogP contribution is -2.30. The second-order valence-electron chi connectivity index (χ2n) is 4.75. The van der Waals surface area contributed by atoms with Gasteiger partial charge in [0.25, 0.3) is 0 Å². The van der Waals surface area contributed by atoms with Gasteiger partial charge < -0.3 is 0 Å². The van der Waals surface area contributed by atoms with Gasteiger partial charge in [0.2, 0.25) is 0 Å². The molecule has 2 aliphatic rings. The van der Waals surface area contributed by atoms with Crippen molar-refractivity contribution >= 4 is 5.78 Å². The number of allylic oxidation sites excluding steroid dienone is 2. The lowest BCUT2D eigenvalue weighted by molar-refractivity contribution is -0.119. The van der Waals surface area contributed by atoms with Crippen molar-refractivity contribution in [3.63, 3.8) is 0 Å². The Morgan fingerprint density at radius 3 is 2.54 bits per heavy atom. The van der Waals surface area contributed by atoms with Crippen LogP contribution < -0.4 is 0 Å². The molecule has 0 heterocycles. The number of ketones is 1. The molecule has 0 saturated heterocycles. The highest BCUT2D eigenvalue weighted by molar-refractivity contribution is 5.96. The highest BCUT2D eigenvalue weighted by Crippen LogP contribution is 2.45. The molecule has 0 bridgehead atoms. The fraction of sp³-hybridized carbons (Fsp3) is 0.750. The molecule has 0 aliphatic heterocycles. The SMILES string of the molecule is CC1=CCC2(CCCCC2)CC1=O. The summed E-state index contributed by atoms with van der Waals surface area (Å²) in [6.45, 7) is 1.96. The Kier molecular flexibility index (Phi) is 2.27. The summed E-state index contributed by atoms with van der Waals surface area (Å²) in [6.07, 6.45) is 10.8. The van der Waals surface area contributed by atoms with Gasteiger partial charge in [0.1, 0.15) is 0 Å². The van der Waals surface area contributed by atoms with Gasteiger partial charge in [-0.2, -0.15) is 0 Å². The Morgan fingerprint density at radius 2 is 1.92 bits per heavy atom. The van der Waals surface area contributed by atoms with Crippen molar-refractivity contribution in [2.75, 3.05) is 0 Å². The maximum absolute atomic E-state index is 11.6. The fourth-order valence-corrected chi connectivity index (χ4v) is 2.72. The summed E-state index contributed by atoms with van der Waals surface area (Å²) < 4.78 is 0. The molecule has 1 heteroatoms. The number of carbonyl (C=O) groups excluding carboxylic acids is 1. The Morgan fingerprint density at radius 1 is 1.23 bits per heavy atom. The summed E-state index contributed by atoms with van der Waals surface area (Å²) in [7, 11) is 0. The van der Waals surface area contributed by atoms with Gasteiger partial charge in [-0.3, -0.25) is 4.79 Å². The third kappa shape index (κ3) is 1.70. The highest BCUT2D eigenvalue weighted by atomic mass is 16.1. The van der Waals surface area contributed by atoms with Crippen LogP contribution in [0.2, 0.25) is 0 Å². The summed E-state index contributed by atoms with van der Waals surface area (Å²) in [6, 6.07) is 0. The summed E-state index contributed by atoms with van der Waals surface area (Å²) in [5, 5.41) is 0. The summed E-state index contributed by atoms with van der Waals surface area (Å²) >= 11 is 0. The quantitative estimate of drug-likeness (QED) is 0.556. The van der Waals surface area contributed by atoms with E-state index in [4.69, 9.17) is 0 Å². The molecule has 2 rings (SSSR count). The predicted molar refractivity (Wildman–Crippen MR) is 53.5 cm³/mol. The van der Waals surface area contributed by atoms with Crippen molar-refractivity contribution in [2.45, 2.75) is 51.9 Å². The van der Waals surface area contributed by atoms with E-state index >= 15 is 0 Å². The van der Waals surface area contributed by atoms with Gasteiger partial charge in [-0.1, -0.05) is 25.3 Å². The van der Waals surface area contributed by atoms with Gasteiger partial charge in [0.15, 0.2) is 5.78 Å². The topological polar surface area (TPSA) is 17.1 Å². The maximum atomic E-state index is 11.6. The maximum Gasteiger partial charge on any atom is 0.158 e. The zero-order chi connectivity index (χ0) is 9.31. The first kappa shape index (κ1) is 8.98. The first-order valence-corrected chi connectivity index (χ1v) is 5.42. The van der Waals surface area contributed by atoms with Gasteiger partial charge >= 0.3 is 0 Å². The monoisotopic (exact) mass is 178 g/mol. The molecule has 2 aliphatic carbocycles. The molecular formula is C12H18O. The van der Waals surface area contributed by atoms with E-state index in [1.807, 2.05) is 6.92 Å². The second kappa shape index (κ2) is 3.28. The standard InChI is InChI=1S/C12H18O/c1-10-5-8-12(9-11(10)13)6-3-2-4-7-12/h5H,2-4,6-9H2,1H3. The molecule has 0 aromatic heterocycles. The molecule has 0 unspecified atom stereocenters. The summed E-state index contributed by atoms with van der Waals surface area (Å²) in [5.41, 5.74) is 1.38. The number of carbonyl (C=O) groups is 1. The van der Waals surface area contributed by atoms with Gasteiger partial charge in [-0.25, -0.2) is 0 Å². The van der Waals surface area contributed by atoms with Crippen LogP contribution in [0.4, 0.5) is 0 Å². The van der Waals surface area contributed by atoms with Crippen LogP contribution in [0.15, 0.2) is 11.6 Å². The van der Waals surface area contributed by atoms with E-state index in [2.05, 4.69) is 6.08 Å². The number of Topliss-reactive ketones (excluding diaryl/α,β-unsaturated/α-hetero) is 1. The van der Waals surface area contributed by atoms with Gasteiger partial charge in [0, 0.05) is 6.42 Å². The smallest absolute Gasteiger partial charge is 0.158 e. The van der Waals surface area contributed by atoms with E-state index in [0.717, 1.165) is 18.4 Å². The number of hydrogen-bond donors (Lipinski definition) is 0. The van der Waals surface area contributed by atoms with Crippen molar-refractivity contribution in [3.05, 3.63) is 11.6 Å². The van der Waals surface area contributed by atoms with Gasteiger partial charge in [-0.05, 0) is 37.2 Å². The average molecular weight is 178 g/mol. The van der Waals surface area contributed by atoms with Gasteiger partial charge in [-0.15, -0.1) is 0 Å². The average Bonchev–Trinajstić information content (AvgIpc) is 2.14. The first-order chi connectivity index (χ1) is 6.22. The minimum Gasteiger partial charge on any atom is -0.295 e. The largest absolute Gasteiger partial charge is 0.295 e. The van der Waals surface area contributed by atoms with E-state index in [1.165, 1.54) is 32.1 Å². The Hall–Kier alpha value is -0.590. The highest BCUT2D eigenvalue weighted by Gasteiger charge is 2.35. The van der Waals surface area contributed by atoms with Crippen LogP contribution in [-0.2, 0) is 4.79 Å². The molecule has 0 aromatic rings. The molecule has 13 heavy (non-hydrogen) atoms. The van der Waals surface area contributed by atoms with E-state index in [9.17, 15) is 4.79 Å². The van der Waals surface area contributed by atoms with Crippen LogP contribution in [0.25, 0.3) is 0 Å². The van der Waals surface area contributed by atoms with Crippen LogP contribution in [0.5, 0.6) is 0 Å². The lowest BCUT2D eigenvalue weighted by Gasteiger charge is -2.38. The van der Waals surface area contributed by atoms with E-state index in [0.29, 0.717) is 11.2 Å². The molecule has 1 saturated carbocycles.